The van der Waals surface area contributed by atoms with Gasteiger partial charge in [0, 0.05) is 21.4 Å². The Kier molecular flexibility index (Phi) is 6.39. The normalized spacial score (nSPS) is 11.2. The molecule has 0 aromatic heterocycles. The molecule has 24 heavy (non-hydrogen) atoms. The fourth-order valence-electron chi connectivity index (χ4n) is 1.79. The van der Waals surface area contributed by atoms with Crippen molar-refractivity contribution in [2.24, 2.45) is 0 Å². The number of halogens is 4. The molecule has 0 saturated carbocycles. The van der Waals surface area contributed by atoms with Crippen molar-refractivity contribution in [3.05, 3.63) is 53.6 Å². The van der Waals surface area contributed by atoms with E-state index in [0.717, 1.165) is 11.8 Å². The molecule has 0 radical (unpaired) electrons. The number of para-hydroxylation sites is 1. The van der Waals surface area contributed by atoms with E-state index in [1.54, 1.807) is 48.5 Å². The number of anilines is 2. The van der Waals surface area contributed by atoms with Gasteiger partial charge in [-0.05, 0) is 36.4 Å². The molecule has 0 saturated heterocycles. The van der Waals surface area contributed by atoms with Crippen LogP contribution in [0.1, 0.15) is 6.42 Å². The van der Waals surface area contributed by atoms with Crippen molar-refractivity contribution >= 4 is 40.8 Å². The molecule has 3 nitrogen and oxygen atoms in total. The van der Waals surface area contributed by atoms with E-state index in [1.807, 2.05) is 0 Å². The smallest absolute Gasteiger partial charge is 0.308 e. The van der Waals surface area contributed by atoms with Gasteiger partial charge in [0.15, 0.2) is 0 Å². The Balaban J connectivity index is 1.96. The summed E-state index contributed by atoms with van der Waals surface area (Å²) in [7, 11) is 0. The molecule has 2 aromatic rings. The van der Waals surface area contributed by atoms with Gasteiger partial charge in [0.25, 0.3) is 0 Å². The highest BCUT2D eigenvalue weighted by Crippen LogP contribution is 2.30. The maximum absolute atomic E-state index is 12.2. The zero-order chi connectivity index (χ0) is 17.6. The van der Waals surface area contributed by atoms with Crippen molar-refractivity contribution in [1.82, 2.24) is 0 Å². The van der Waals surface area contributed by atoms with Crippen LogP contribution in [0.2, 0.25) is 5.02 Å². The number of urea groups is 1. The van der Waals surface area contributed by atoms with E-state index in [-0.39, 0.29) is 5.75 Å². The number of amides is 2. The summed E-state index contributed by atoms with van der Waals surface area (Å²) in [6, 6.07) is 12.8. The topological polar surface area (TPSA) is 41.1 Å². The Morgan fingerprint density at radius 3 is 2.38 bits per heavy atom. The number of thioether (sulfide) groups is 1. The number of benzene rings is 2. The summed E-state index contributed by atoms with van der Waals surface area (Å²) in [4.78, 5) is 12.6. The van der Waals surface area contributed by atoms with E-state index in [9.17, 15) is 18.0 Å². The minimum atomic E-state index is -4.19. The predicted molar refractivity (Wildman–Crippen MR) is 91.9 cm³/mol. The molecule has 8 heteroatoms. The molecule has 0 aliphatic heterocycles. The van der Waals surface area contributed by atoms with E-state index < -0.39 is 18.6 Å². The van der Waals surface area contributed by atoms with Crippen molar-refractivity contribution < 1.29 is 18.0 Å². The van der Waals surface area contributed by atoms with Crippen LogP contribution in [0.3, 0.4) is 0 Å². The van der Waals surface area contributed by atoms with Crippen molar-refractivity contribution in [1.29, 1.82) is 0 Å². The van der Waals surface area contributed by atoms with E-state index in [4.69, 9.17) is 11.6 Å². The fourth-order valence-corrected chi connectivity index (χ4v) is 2.92. The van der Waals surface area contributed by atoms with Gasteiger partial charge in [0.1, 0.15) is 0 Å². The van der Waals surface area contributed by atoms with Crippen LogP contribution in [0.4, 0.5) is 29.3 Å². The number of alkyl halides is 3. The van der Waals surface area contributed by atoms with E-state index in [0.29, 0.717) is 21.3 Å². The molecule has 0 spiro atoms. The van der Waals surface area contributed by atoms with Gasteiger partial charge in [-0.15, -0.1) is 11.8 Å². The van der Waals surface area contributed by atoms with Crippen molar-refractivity contribution in [2.45, 2.75) is 17.5 Å². The zero-order valence-corrected chi connectivity index (χ0v) is 13.9. The lowest BCUT2D eigenvalue weighted by atomic mass is 10.3. The molecule has 0 heterocycles. The highest BCUT2D eigenvalue weighted by atomic mass is 35.5. The molecule has 0 aliphatic carbocycles. The van der Waals surface area contributed by atoms with Gasteiger partial charge in [-0.3, -0.25) is 0 Å². The maximum Gasteiger partial charge on any atom is 0.389 e. The SMILES string of the molecule is O=C(Nc1ccc(Cl)cc1)Nc1ccccc1SCCC(F)(F)F. The monoisotopic (exact) mass is 374 g/mol. The maximum atomic E-state index is 12.2. The van der Waals surface area contributed by atoms with Crippen molar-refractivity contribution in [3.8, 4) is 0 Å². The fraction of sp³-hybridized carbons (Fsp3) is 0.188. The Hall–Kier alpha value is -1.86. The van der Waals surface area contributed by atoms with E-state index in [2.05, 4.69) is 10.6 Å². The molecule has 2 amide bonds. The van der Waals surface area contributed by atoms with Crippen LogP contribution in [0.15, 0.2) is 53.4 Å². The van der Waals surface area contributed by atoms with Crippen molar-refractivity contribution in [2.75, 3.05) is 16.4 Å². The summed E-state index contributed by atoms with van der Waals surface area (Å²) in [6.45, 7) is 0. The first-order chi connectivity index (χ1) is 11.3. The van der Waals surface area contributed by atoms with Gasteiger partial charge in [0.05, 0.1) is 12.1 Å². The number of carbonyl (C=O) groups excluding carboxylic acids is 1. The third kappa shape index (κ3) is 6.33. The number of nitrogens with one attached hydrogen (secondary N) is 2. The van der Waals surface area contributed by atoms with E-state index in [1.165, 1.54) is 0 Å². The highest BCUT2D eigenvalue weighted by molar-refractivity contribution is 7.99. The quantitative estimate of drug-likeness (QED) is 0.627. The molecular weight excluding hydrogens is 361 g/mol. The van der Waals surface area contributed by atoms with Gasteiger partial charge >= 0.3 is 12.2 Å². The molecule has 128 valence electrons. The van der Waals surface area contributed by atoms with Crippen LogP contribution >= 0.6 is 23.4 Å². The summed E-state index contributed by atoms with van der Waals surface area (Å²) < 4.78 is 36.7. The summed E-state index contributed by atoms with van der Waals surface area (Å²) >= 11 is 6.81. The largest absolute Gasteiger partial charge is 0.389 e. The number of hydrogen-bond donors (Lipinski definition) is 2. The second-order valence-electron chi connectivity index (χ2n) is 4.80. The third-order valence-corrected chi connectivity index (χ3v) is 4.21. The Morgan fingerprint density at radius 2 is 1.71 bits per heavy atom. The molecule has 0 unspecified atom stereocenters. The average molecular weight is 375 g/mol. The minimum Gasteiger partial charge on any atom is -0.308 e. The first-order valence-corrected chi connectivity index (χ1v) is 8.32. The number of rotatable bonds is 5. The van der Waals surface area contributed by atoms with Crippen LogP contribution in [0, 0.1) is 0 Å². The molecule has 0 fully saturated rings. The second-order valence-corrected chi connectivity index (χ2v) is 6.37. The van der Waals surface area contributed by atoms with Gasteiger partial charge in [-0.25, -0.2) is 4.79 Å². The standard InChI is InChI=1S/C16H14ClF3N2OS/c17-11-5-7-12(8-6-11)21-15(23)22-13-3-1-2-4-14(13)24-10-9-16(18,19)20/h1-8H,9-10H2,(H2,21,22,23). The Morgan fingerprint density at radius 1 is 1.04 bits per heavy atom. The molecule has 0 aliphatic rings. The van der Waals surface area contributed by atoms with Crippen LogP contribution < -0.4 is 10.6 Å². The predicted octanol–water partition coefficient (Wildman–Crippen LogP) is 6.03. The van der Waals surface area contributed by atoms with Crippen LogP contribution in [0.5, 0.6) is 0 Å². The summed E-state index contributed by atoms with van der Waals surface area (Å²) in [5.41, 5.74) is 1.01. The van der Waals surface area contributed by atoms with Gasteiger partial charge in [0.2, 0.25) is 0 Å². The number of carbonyl (C=O) groups is 1. The average Bonchev–Trinajstić information content (AvgIpc) is 2.50. The third-order valence-electron chi connectivity index (χ3n) is 2.88. The molecule has 0 bridgehead atoms. The first kappa shape index (κ1) is 18.5. The summed E-state index contributed by atoms with van der Waals surface area (Å²) in [6.07, 6.45) is -5.08. The van der Waals surface area contributed by atoms with E-state index >= 15 is 0 Å². The Labute approximate surface area is 146 Å². The molecule has 2 N–H and O–H groups in total. The summed E-state index contributed by atoms with van der Waals surface area (Å²) in [5.74, 6) is -0.110. The minimum absolute atomic E-state index is 0.110. The van der Waals surface area contributed by atoms with Crippen LogP contribution in [-0.4, -0.2) is 18.0 Å². The molecule has 0 atom stereocenters. The Bertz CT molecular complexity index is 692. The molecule has 2 rings (SSSR count). The first-order valence-electron chi connectivity index (χ1n) is 6.96. The van der Waals surface area contributed by atoms with Crippen molar-refractivity contribution in [3.63, 3.8) is 0 Å². The zero-order valence-electron chi connectivity index (χ0n) is 12.4. The van der Waals surface area contributed by atoms with Crippen LogP contribution in [-0.2, 0) is 0 Å². The second kappa shape index (κ2) is 8.30. The van der Waals surface area contributed by atoms with Gasteiger partial charge in [-0.2, -0.15) is 13.2 Å². The molecular formula is C16H14ClF3N2OS. The summed E-state index contributed by atoms with van der Waals surface area (Å²) in [5, 5.41) is 5.81. The lowest BCUT2D eigenvalue weighted by Crippen LogP contribution is -2.19. The van der Waals surface area contributed by atoms with Gasteiger partial charge in [-0.1, -0.05) is 23.7 Å². The highest BCUT2D eigenvalue weighted by Gasteiger charge is 2.26. The lowest BCUT2D eigenvalue weighted by molar-refractivity contribution is -0.129. The van der Waals surface area contributed by atoms with Gasteiger partial charge < -0.3 is 10.6 Å². The number of hydrogen-bond acceptors (Lipinski definition) is 2. The molecule has 2 aromatic carbocycles. The van der Waals surface area contributed by atoms with Crippen LogP contribution in [0.25, 0.3) is 0 Å². The lowest BCUT2D eigenvalue weighted by Gasteiger charge is -2.12.